The molecule has 3 rings (SSSR count). The Balaban J connectivity index is 0.000000479. The number of ether oxygens (including phenoxy) is 3. The van der Waals surface area contributed by atoms with Crippen LogP contribution in [0.3, 0.4) is 0 Å². The Morgan fingerprint density at radius 2 is 1.27 bits per heavy atom. The van der Waals surface area contributed by atoms with Crippen LogP contribution in [-0.4, -0.2) is 78.1 Å². The van der Waals surface area contributed by atoms with Crippen LogP contribution in [0.5, 0.6) is 0 Å². The fraction of sp³-hybridized carbons (Fsp3) is 0.617. The molecule has 0 radical (unpaired) electrons. The summed E-state index contributed by atoms with van der Waals surface area (Å²) in [5, 5.41) is 23.9. The van der Waals surface area contributed by atoms with Gasteiger partial charge in [0.1, 0.15) is 49.4 Å². The maximum absolute atomic E-state index is 14.4. The smallest absolute Gasteiger partial charge is 0.331 e. The topological polar surface area (TPSA) is 193 Å². The van der Waals surface area contributed by atoms with E-state index in [1.165, 1.54) is 101 Å². The van der Waals surface area contributed by atoms with E-state index in [-0.39, 0.29) is 43.9 Å². The molecule has 2 N–H and O–H groups in total. The van der Waals surface area contributed by atoms with E-state index >= 15 is 0 Å². The summed E-state index contributed by atoms with van der Waals surface area (Å²) in [6.07, 6.45) is 26.1. The predicted molar refractivity (Wildman–Crippen MR) is 233 cm³/mol. The number of carboxylic acid groups (broad SMARTS) is 1. The van der Waals surface area contributed by atoms with E-state index in [0.717, 1.165) is 69.3 Å². The molecule has 1 aromatic carbocycles. The van der Waals surface area contributed by atoms with Gasteiger partial charge in [-0.2, -0.15) is 5.10 Å². The van der Waals surface area contributed by atoms with Crippen LogP contribution in [0.1, 0.15) is 166 Å². The van der Waals surface area contributed by atoms with Gasteiger partial charge in [0, 0.05) is 42.5 Å². The Labute approximate surface area is 375 Å². The van der Waals surface area contributed by atoms with Gasteiger partial charge in [-0.1, -0.05) is 130 Å². The van der Waals surface area contributed by atoms with Crippen LogP contribution < -0.4 is 0 Å². The number of rotatable bonds is 32. The minimum atomic E-state index is -1.96. The van der Waals surface area contributed by atoms with Gasteiger partial charge in [-0.15, -0.1) is 0 Å². The molecule has 17 heteroatoms. The van der Waals surface area contributed by atoms with Crippen LogP contribution in [0, 0.1) is 17.5 Å². The number of carboxylic acids is 1. The molecular weight excluding hydrogens is 836 g/mol. The first-order valence-electron chi connectivity index (χ1n) is 22.7. The number of carbonyl (C=O) groups is 4. The van der Waals surface area contributed by atoms with Gasteiger partial charge in [0.25, 0.3) is 0 Å². The normalized spacial score (nSPS) is 12.6. The molecule has 3 aromatic rings. The average Bonchev–Trinajstić information content (AvgIpc) is 3.78. The second-order valence-electron chi connectivity index (χ2n) is 15.9. The minimum Gasteiger partial charge on any atom is -0.478 e. The van der Waals surface area contributed by atoms with Crippen LogP contribution in [0.4, 0.5) is 13.2 Å². The molecule has 0 aliphatic rings. The Hall–Kier alpha value is -5.19. The molecule has 2 heterocycles. The standard InChI is InChI=1S/C31H54O8.C16H14F3N5O/c1-3-5-7-9-11-13-15-17-19-21-29(34)37-25-27(39-31(36)24-23-28(32)33)26-38-30(35)22-20-18-16-14-12-10-8-6-4-2;1-10(15-14(19)5-20-7-22-15)16(25,6-24-9-21-8-23-24)12-3-2-11(17)4-13(12)18/h23-24,27H,3-22,25-26H2,1-2H3,(H,32,33);2-5,7-10,25H,6H2,1H3/b24-23+;/t;10-,16+/m.0/s1. The zero-order valence-corrected chi connectivity index (χ0v) is 37.7. The van der Waals surface area contributed by atoms with E-state index in [0.29, 0.717) is 12.1 Å². The van der Waals surface area contributed by atoms with Crippen molar-refractivity contribution in [1.29, 1.82) is 0 Å². The number of nitrogens with zero attached hydrogens (tertiary/aromatic N) is 5. The highest BCUT2D eigenvalue weighted by molar-refractivity contribution is 5.90. The van der Waals surface area contributed by atoms with Crippen molar-refractivity contribution in [3.63, 3.8) is 0 Å². The molecule has 0 spiro atoms. The van der Waals surface area contributed by atoms with Crippen LogP contribution in [0.25, 0.3) is 0 Å². The number of aliphatic hydroxyl groups is 1. The molecule has 64 heavy (non-hydrogen) atoms. The van der Waals surface area contributed by atoms with Crippen molar-refractivity contribution in [2.75, 3.05) is 13.2 Å². The lowest BCUT2D eigenvalue weighted by Gasteiger charge is -2.34. The molecule has 356 valence electrons. The maximum Gasteiger partial charge on any atom is 0.331 e. The minimum absolute atomic E-state index is 0.0960. The lowest BCUT2D eigenvalue weighted by Crippen LogP contribution is -2.39. The molecule has 2 aromatic heterocycles. The highest BCUT2D eigenvalue weighted by Crippen LogP contribution is 2.39. The summed E-state index contributed by atoms with van der Waals surface area (Å²) >= 11 is 0. The lowest BCUT2D eigenvalue weighted by atomic mass is 9.79. The van der Waals surface area contributed by atoms with E-state index in [9.17, 15) is 37.5 Å². The van der Waals surface area contributed by atoms with Gasteiger partial charge in [0.2, 0.25) is 0 Å². The van der Waals surface area contributed by atoms with Crippen LogP contribution in [0.15, 0.2) is 55.5 Å². The van der Waals surface area contributed by atoms with Crippen molar-refractivity contribution in [2.45, 2.75) is 173 Å². The van der Waals surface area contributed by atoms with E-state index in [4.69, 9.17) is 19.3 Å². The largest absolute Gasteiger partial charge is 0.478 e. The van der Waals surface area contributed by atoms with E-state index in [1.807, 2.05) is 0 Å². The van der Waals surface area contributed by atoms with Gasteiger partial charge in [0.05, 0.1) is 18.4 Å². The SMILES string of the molecule is CCCCCCCCCCCC(=O)OCC(COC(=O)CCCCCCCCCCC)OC(=O)/C=C/C(=O)O.C[C@@H](c1ncncc1F)[C@](O)(Cn1cncn1)c1ccc(F)cc1F. The maximum atomic E-state index is 14.4. The van der Waals surface area contributed by atoms with E-state index in [1.54, 1.807) is 0 Å². The van der Waals surface area contributed by atoms with Crippen molar-refractivity contribution in [3.8, 4) is 0 Å². The fourth-order valence-electron chi connectivity index (χ4n) is 6.86. The molecule has 0 amide bonds. The van der Waals surface area contributed by atoms with Gasteiger partial charge < -0.3 is 24.4 Å². The molecule has 2 atom stereocenters. The third-order valence-electron chi connectivity index (χ3n) is 10.6. The average molecular weight is 904 g/mol. The molecule has 0 saturated carbocycles. The van der Waals surface area contributed by atoms with Crippen molar-refractivity contribution in [1.82, 2.24) is 24.7 Å². The number of benzene rings is 1. The first-order chi connectivity index (χ1) is 30.8. The van der Waals surface area contributed by atoms with Gasteiger partial charge in [-0.05, 0) is 18.9 Å². The quantitative estimate of drug-likeness (QED) is 0.0261. The summed E-state index contributed by atoms with van der Waals surface area (Å²) in [5.74, 6) is -6.47. The third-order valence-corrected chi connectivity index (χ3v) is 10.6. The number of unbranched alkanes of at least 4 members (excludes halogenated alkanes) is 16. The van der Waals surface area contributed by atoms with E-state index < -0.39 is 59.0 Å². The zero-order valence-electron chi connectivity index (χ0n) is 37.7. The van der Waals surface area contributed by atoms with Crippen LogP contribution in [0.2, 0.25) is 0 Å². The summed E-state index contributed by atoms with van der Waals surface area (Å²) in [5.41, 5.74) is -2.25. The number of aromatic nitrogens is 5. The number of hydrogen-bond acceptors (Lipinski definition) is 12. The second kappa shape index (κ2) is 32.5. The fourth-order valence-corrected chi connectivity index (χ4v) is 6.86. The summed E-state index contributed by atoms with van der Waals surface area (Å²) in [6, 6.07) is 2.80. The highest BCUT2D eigenvalue weighted by atomic mass is 19.1. The first kappa shape index (κ1) is 54.9. The summed E-state index contributed by atoms with van der Waals surface area (Å²) in [4.78, 5) is 58.0. The summed E-state index contributed by atoms with van der Waals surface area (Å²) in [6.45, 7) is 5.15. The predicted octanol–water partition coefficient (Wildman–Crippen LogP) is 9.64. The number of aliphatic carboxylic acids is 1. The Bertz CT molecular complexity index is 1780. The molecule has 0 aliphatic carbocycles. The number of hydrogen-bond donors (Lipinski definition) is 2. The first-order valence-corrected chi connectivity index (χ1v) is 22.7. The molecule has 0 bridgehead atoms. The highest BCUT2D eigenvalue weighted by Gasteiger charge is 2.41. The van der Waals surface area contributed by atoms with Gasteiger partial charge >= 0.3 is 23.9 Å². The van der Waals surface area contributed by atoms with Crippen molar-refractivity contribution in [3.05, 3.63) is 84.2 Å². The molecule has 0 unspecified atom stereocenters. The Kier molecular flexibility index (Phi) is 27.9. The van der Waals surface area contributed by atoms with Gasteiger partial charge in [-0.3, -0.25) is 9.59 Å². The zero-order chi connectivity index (χ0) is 47.0. The lowest BCUT2D eigenvalue weighted by molar-refractivity contribution is -0.163. The van der Waals surface area contributed by atoms with Gasteiger partial charge in [-0.25, -0.2) is 42.4 Å². The number of esters is 3. The van der Waals surface area contributed by atoms with Crippen LogP contribution >= 0.6 is 0 Å². The summed E-state index contributed by atoms with van der Waals surface area (Å²) in [7, 11) is 0. The van der Waals surface area contributed by atoms with Gasteiger partial charge in [0.15, 0.2) is 11.9 Å². The molecule has 14 nitrogen and oxygen atoms in total. The monoisotopic (exact) mass is 903 g/mol. The Morgan fingerprint density at radius 1 is 0.734 bits per heavy atom. The second-order valence-corrected chi connectivity index (χ2v) is 15.9. The molecule has 0 fully saturated rings. The summed E-state index contributed by atoms with van der Waals surface area (Å²) < 4.78 is 58.7. The van der Waals surface area contributed by atoms with Crippen molar-refractivity contribution < 1.29 is 56.8 Å². The van der Waals surface area contributed by atoms with Crippen molar-refractivity contribution >= 4 is 23.9 Å². The van der Waals surface area contributed by atoms with Crippen molar-refractivity contribution in [2.24, 2.45) is 0 Å². The number of halogens is 3. The molecular formula is C47H68F3N5O9. The molecule has 0 aliphatic heterocycles. The molecule has 0 saturated heterocycles. The Morgan fingerprint density at radius 3 is 1.73 bits per heavy atom. The number of carbonyl (C=O) groups excluding carboxylic acids is 3. The van der Waals surface area contributed by atoms with E-state index in [2.05, 4.69) is 33.9 Å². The van der Waals surface area contributed by atoms with Crippen LogP contribution in [-0.2, 0) is 45.5 Å². The third kappa shape index (κ3) is 22.9.